The van der Waals surface area contributed by atoms with Crippen LogP contribution in [-0.2, 0) is 4.74 Å². The second kappa shape index (κ2) is 9.91. The molecule has 0 bridgehead atoms. The molecule has 0 aliphatic carbocycles. The molecule has 2 aliphatic rings. The lowest BCUT2D eigenvalue weighted by atomic mass is 10.0. The number of rotatable bonds is 7. The lowest BCUT2D eigenvalue weighted by Crippen LogP contribution is -2.42. The van der Waals surface area contributed by atoms with E-state index >= 15 is 0 Å². The van der Waals surface area contributed by atoms with E-state index in [4.69, 9.17) is 21.7 Å². The summed E-state index contributed by atoms with van der Waals surface area (Å²) >= 11 is 5.85. The molecule has 0 radical (unpaired) electrons. The zero-order valence-corrected chi connectivity index (χ0v) is 19.6. The van der Waals surface area contributed by atoms with Gasteiger partial charge in [0.15, 0.2) is 5.11 Å². The predicted octanol–water partition coefficient (Wildman–Crippen LogP) is 3.19. The van der Waals surface area contributed by atoms with Gasteiger partial charge in [0, 0.05) is 44.3 Å². The molecule has 0 unspecified atom stereocenters. The van der Waals surface area contributed by atoms with Gasteiger partial charge in [-0.25, -0.2) is 0 Å². The Bertz CT molecular complexity index is 1080. The SMILES string of the molecule is COc1ccccc1-n1cccc1[C@H]1[C@H](c2ccccn2)NC(=S)N1CCN1CCOCC1. The number of hydrogen-bond acceptors (Lipinski definition) is 5. The first-order valence-electron chi connectivity index (χ1n) is 11.3. The molecule has 4 heterocycles. The minimum absolute atomic E-state index is 0.00615. The van der Waals surface area contributed by atoms with Gasteiger partial charge in [-0.1, -0.05) is 18.2 Å². The van der Waals surface area contributed by atoms with Crippen LogP contribution >= 0.6 is 12.2 Å². The molecular formula is C25H29N5O2S. The molecule has 5 rings (SSSR count). The molecule has 2 atom stereocenters. The highest BCUT2D eigenvalue weighted by molar-refractivity contribution is 7.80. The molecule has 33 heavy (non-hydrogen) atoms. The number of ether oxygens (including phenoxy) is 2. The number of nitrogens with one attached hydrogen (secondary N) is 1. The van der Waals surface area contributed by atoms with Gasteiger partial charge >= 0.3 is 0 Å². The van der Waals surface area contributed by atoms with Crippen LogP contribution < -0.4 is 10.1 Å². The summed E-state index contributed by atoms with van der Waals surface area (Å²) in [7, 11) is 1.71. The van der Waals surface area contributed by atoms with Crippen LogP contribution in [0.25, 0.3) is 5.69 Å². The standard InChI is InChI=1S/C25H29N5O2S/c1-31-22-10-3-2-8-20(22)29-12-6-9-21(29)24-23(19-7-4-5-11-26-19)27-25(33)30(24)14-13-28-15-17-32-18-16-28/h2-12,23-24H,13-18H2,1H3,(H,27,33)/t23-,24-/m0/s1. The van der Waals surface area contributed by atoms with Crippen molar-refractivity contribution < 1.29 is 9.47 Å². The highest BCUT2D eigenvalue weighted by Crippen LogP contribution is 2.40. The van der Waals surface area contributed by atoms with Crippen molar-refractivity contribution in [1.82, 2.24) is 24.7 Å². The van der Waals surface area contributed by atoms with Crippen molar-refractivity contribution in [3.8, 4) is 11.4 Å². The number of aromatic nitrogens is 2. The first kappa shape index (κ1) is 21.9. The van der Waals surface area contributed by atoms with Crippen molar-refractivity contribution in [1.29, 1.82) is 0 Å². The topological polar surface area (TPSA) is 54.8 Å². The van der Waals surface area contributed by atoms with Crippen LogP contribution in [0.3, 0.4) is 0 Å². The number of pyridine rings is 1. The molecule has 1 N–H and O–H groups in total. The average molecular weight is 464 g/mol. The first-order chi connectivity index (χ1) is 16.3. The van der Waals surface area contributed by atoms with Crippen molar-refractivity contribution in [2.45, 2.75) is 12.1 Å². The quantitative estimate of drug-likeness (QED) is 0.540. The molecule has 3 aromatic rings. The summed E-state index contributed by atoms with van der Waals surface area (Å²) in [4.78, 5) is 9.42. The molecule has 2 fully saturated rings. The summed E-state index contributed by atoms with van der Waals surface area (Å²) in [5, 5.41) is 4.32. The fourth-order valence-electron chi connectivity index (χ4n) is 4.73. The Morgan fingerprint density at radius 1 is 1.06 bits per heavy atom. The van der Waals surface area contributed by atoms with Crippen LogP contribution in [-0.4, -0.2) is 71.0 Å². The summed E-state index contributed by atoms with van der Waals surface area (Å²) in [5.41, 5.74) is 3.13. The highest BCUT2D eigenvalue weighted by atomic mass is 32.1. The number of para-hydroxylation sites is 2. The summed E-state index contributed by atoms with van der Waals surface area (Å²) in [5.74, 6) is 0.831. The lowest BCUT2D eigenvalue weighted by Gasteiger charge is -2.32. The van der Waals surface area contributed by atoms with Gasteiger partial charge < -0.3 is 24.3 Å². The Balaban J connectivity index is 1.52. The van der Waals surface area contributed by atoms with Crippen molar-refractivity contribution in [3.05, 3.63) is 78.4 Å². The Labute approximate surface area is 199 Å². The Morgan fingerprint density at radius 2 is 1.88 bits per heavy atom. The average Bonchev–Trinajstić information content (AvgIpc) is 3.48. The van der Waals surface area contributed by atoms with Crippen LogP contribution in [0, 0.1) is 0 Å². The van der Waals surface area contributed by atoms with Crippen LogP contribution in [0.1, 0.15) is 23.5 Å². The minimum Gasteiger partial charge on any atom is -0.495 e. The van der Waals surface area contributed by atoms with Crippen molar-refractivity contribution in [3.63, 3.8) is 0 Å². The number of morpholine rings is 1. The van der Waals surface area contributed by atoms with Gasteiger partial charge in [0.2, 0.25) is 0 Å². The monoisotopic (exact) mass is 463 g/mol. The van der Waals surface area contributed by atoms with Crippen molar-refractivity contribution >= 4 is 17.3 Å². The number of nitrogens with zero attached hydrogens (tertiary/aromatic N) is 4. The summed E-state index contributed by atoms with van der Waals surface area (Å²) in [6.45, 7) is 5.27. The summed E-state index contributed by atoms with van der Waals surface area (Å²) in [6.07, 6.45) is 3.93. The van der Waals surface area contributed by atoms with Crippen molar-refractivity contribution in [2.75, 3.05) is 46.5 Å². The molecule has 2 aromatic heterocycles. The van der Waals surface area contributed by atoms with Gasteiger partial charge in [-0.05, 0) is 48.6 Å². The van der Waals surface area contributed by atoms with Gasteiger partial charge in [0.1, 0.15) is 5.75 Å². The van der Waals surface area contributed by atoms with E-state index in [0.717, 1.165) is 67.3 Å². The smallest absolute Gasteiger partial charge is 0.170 e. The molecule has 172 valence electrons. The molecule has 0 amide bonds. The fraction of sp³-hybridized carbons (Fsp3) is 0.360. The van der Waals surface area contributed by atoms with E-state index in [1.807, 2.05) is 36.5 Å². The molecule has 1 aromatic carbocycles. The van der Waals surface area contributed by atoms with Crippen LogP contribution in [0.4, 0.5) is 0 Å². The fourth-order valence-corrected chi connectivity index (χ4v) is 5.06. The van der Waals surface area contributed by atoms with Crippen molar-refractivity contribution in [2.24, 2.45) is 0 Å². The van der Waals surface area contributed by atoms with Gasteiger partial charge in [-0.15, -0.1) is 0 Å². The van der Waals surface area contributed by atoms with Gasteiger partial charge in [0.25, 0.3) is 0 Å². The molecule has 2 saturated heterocycles. The maximum absolute atomic E-state index is 5.85. The Kier molecular flexibility index (Phi) is 6.57. The Morgan fingerprint density at radius 3 is 2.67 bits per heavy atom. The molecular weight excluding hydrogens is 434 g/mol. The third kappa shape index (κ3) is 4.46. The number of thiocarbonyl (C=S) groups is 1. The third-order valence-electron chi connectivity index (χ3n) is 6.39. The van der Waals surface area contributed by atoms with E-state index in [1.165, 1.54) is 0 Å². The molecule has 8 heteroatoms. The normalized spacial score (nSPS) is 21.2. The maximum Gasteiger partial charge on any atom is 0.170 e. The maximum atomic E-state index is 5.85. The van der Waals surface area contributed by atoms with Gasteiger partial charge in [-0.3, -0.25) is 9.88 Å². The molecule has 0 saturated carbocycles. The summed E-state index contributed by atoms with van der Waals surface area (Å²) < 4.78 is 13.4. The predicted molar refractivity (Wildman–Crippen MR) is 132 cm³/mol. The molecule has 7 nitrogen and oxygen atoms in total. The minimum atomic E-state index is -0.0493. The second-order valence-electron chi connectivity index (χ2n) is 8.25. The first-order valence-corrected chi connectivity index (χ1v) is 11.8. The number of methoxy groups -OCH3 is 1. The number of hydrogen-bond donors (Lipinski definition) is 1. The van der Waals surface area contributed by atoms with E-state index in [1.54, 1.807) is 7.11 Å². The largest absolute Gasteiger partial charge is 0.495 e. The van der Waals surface area contributed by atoms with Gasteiger partial charge in [-0.2, -0.15) is 0 Å². The van der Waals surface area contributed by atoms with Crippen LogP contribution in [0.5, 0.6) is 5.75 Å². The zero-order chi connectivity index (χ0) is 22.6. The van der Waals surface area contributed by atoms with E-state index < -0.39 is 0 Å². The second-order valence-corrected chi connectivity index (χ2v) is 8.64. The lowest BCUT2D eigenvalue weighted by molar-refractivity contribution is 0.0349. The van der Waals surface area contributed by atoms with E-state index in [0.29, 0.717) is 0 Å². The van der Waals surface area contributed by atoms with Gasteiger partial charge in [0.05, 0.1) is 43.8 Å². The summed E-state index contributed by atoms with van der Waals surface area (Å²) in [6, 6.07) is 18.3. The zero-order valence-electron chi connectivity index (χ0n) is 18.8. The third-order valence-corrected chi connectivity index (χ3v) is 6.74. The van der Waals surface area contributed by atoms with E-state index in [-0.39, 0.29) is 12.1 Å². The van der Waals surface area contributed by atoms with Crippen LogP contribution in [0.2, 0.25) is 0 Å². The molecule has 0 spiro atoms. The Hall–Kier alpha value is -2.94. The van der Waals surface area contributed by atoms with E-state index in [2.05, 4.69) is 55.1 Å². The highest BCUT2D eigenvalue weighted by Gasteiger charge is 2.41. The number of benzene rings is 1. The van der Waals surface area contributed by atoms with Crippen LogP contribution in [0.15, 0.2) is 67.0 Å². The van der Waals surface area contributed by atoms with E-state index in [9.17, 15) is 0 Å². The molecule has 2 aliphatic heterocycles.